The molecule has 4 rings (SSSR count). The van der Waals surface area contributed by atoms with E-state index >= 15 is 0 Å². The van der Waals surface area contributed by atoms with Crippen molar-refractivity contribution in [3.05, 3.63) is 60.2 Å². The minimum atomic E-state index is 0.0252. The number of carbonyl (C=O) groups excluding carboxylic acids is 1. The highest BCUT2D eigenvalue weighted by Crippen LogP contribution is 2.20. The number of amides is 1. The zero-order chi connectivity index (χ0) is 20.1. The maximum atomic E-state index is 12.6. The molecule has 154 valence electrons. The van der Waals surface area contributed by atoms with Gasteiger partial charge in [-0.15, -0.1) is 0 Å². The zero-order valence-electron chi connectivity index (χ0n) is 17.2. The van der Waals surface area contributed by atoms with Gasteiger partial charge in [0.05, 0.1) is 0 Å². The highest BCUT2D eigenvalue weighted by atomic mass is 16.1. The van der Waals surface area contributed by atoms with E-state index in [2.05, 4.69) is 40.1 Å². The fraction of sp³-hybridized carbons (Fsp3) is 0.458. The second kappa shape index (κ2) is 9.53. The highest BCUT2D eigenvalue weighted by Gasteiger charge is 2.26. The Labute approximate surface area is 173 Å². The summed E-state index contributed by atoms with van der Waals surface area (Å²) in [6, 6.07) is 19.2. The second-order valence-corrected chi connectivity index (χ2v) is 8.54. The lowest BCUT2D eigenvalue weighted by Gasteiger charge is -2.34. The van der Waals surface area contributed by atoms with Crippen molar-refractivity contribution >= 4 is 5.91 Å². The summed E-state index contributed by atoms with van der Waals surface area (Å²) in [5, 5.41) is 3.16. The molecule has 1 amide bonds. The van der Waals surface area contributed by atoms with Gasteiger partial charge in [0.15, 0.2) is 0 Å². The van der Waals surface area contributed by atoms with Crippen LogP contribution in [0.4, 0.5) is 0 Å². The lowest BCUT2D eigenvalue weighted by Crippen LogP contribution is -2.46. The van der Waals surface area contributed by atoms with Crippen molar-refractivity contribution in [2.75, 3.05) is 26.2 Å². The van der Waals surface area contributed by atoms with Crippen LogP contribution in [-0.4, -0.2) is 49.1 Å². The Morgan fingerprint density at radius 1 is 1.07 bits per heavy atom. The van der Waals surface area contributed by atoms with E-state index in [1.807, 2.05) is 42.5 Å². The number of carbonyl (C=O) groups is 1. The highest BCUT2D eigenvalue weighted by molar-refractivity contribution is 5.94. The fourth-order valence-corrected chi connectivity index (χ4v) is 4.50. The van der Waals surface area contributed by atoms with Gasteiger partial charge >= 0.3 is 0 Å². The van der Waals surface area contributed by atoms with E-state index in [1.54, 1.807) is 0 Å². The Kier molecular flexibility index (Phi) is 6.60. The Hall–Kier alpha value is -2.21. The smallest absolute Gasteiger partial charge is 0.251 e. The van der Waals surface area contributed by atoms with E-state index in [0.29, 0.717) is 18.0 Å². The van der Waals surface area contributed by atoms with Gasteiger partial charge in [0, 0.05) is 37.3 Å². The molecule has 3 N–H and O–H groups in total. The monoisotopic (exact) mass is 392 g/mol. The molecule has 0 bridgehead atoms. The van der Waals surface area contributed by atoms with Crippen LogP contribution in [0, 0.1) is 5.92 Å². The van der Waals surface area contributed by atoms with Gasteiger partial charge < -0.3 is 10.2 Å². The van der Waals surface area contributed by atoms with E-state index < -0.39 is 0 Å². The van der Waals surface area contributed by atoms with Gasteiger partial charge in [-0.2, -0.15) is 0 Å². The molecule has 2 fully saturated rings. The molecule has 0 aromatic heterocycles. The number of nitrogens with one attached hydrogen (secondary N) is 3. The molecule has 0 saturated carbocycles. The molecular weight excluding hydrogens is 360 g/mol. The summed E-state index contributed by atoms with van der Waals surface area (Å²) in [7, 11) is 0. The van der Waals surface area contributed by atoms with Crippen molar-refractivity contribution in [2.24, 2.45) is 5.92 Å². The summed E-state index contributed by atoms with van der Waals surface area (Å²) >= 11 is 0. The third kappa shape index (κ3) is 5.44. The quantitative estimate of drug-likeness (QED) is 0.707. The van der Waals surface area contributed by atoms with Crippen LogP contribution in [0.5, 0.6) is 0 Å². The van der Waals surface area contributed by atoms with E-state index in [4.69, 9.17) is 0 Å². The number of rotatable bonds is 6. The van der Waals surface area contributed by atoms with Crippen LogP contribution in [-0.2, 0) is 0 Å². The fourth-order valence-electron chi connectivity index (χ4n) is 4.50. The van der Waals surface area contributed by atoms with E-state index in [0.717, 1.165) is 37.3 Å². The SMILES string of the molecule is CC1CC(CN2CCCC(CNC(=O)c3ccc(-c4ccccc4)cc3)C2)NN1. The van der Waals surface area contributed by atoms with Crippen molar-refractivity contribution in [1.82, 2.24) is 21.1 Å². The molecule has 2 aromatic carbocycles. The van der Waals surface area contributed by atoms with Crippen LogP contribution in [0.1, 0.15) is 36.5 Å². The summed E-state index contributed by atoms with van der Waals surface area (Å²) in [6.07, 6.45) is 3.58. The summed E-state index contributed by atoms with van der Waals surface area (Å²) in [5.41, 5.74) is 9.74. The van der Waals surface area contributed by atoms with E-state index in [9.17, 15) is 4.79 Å². The molecule has 3 unspecified atom stereocenters. The number of likely N-dealkylation sites (tertiary alicyclic amines) is 1. The van der Waals surface area contributed by atoms with Crippen molar-refractivity contribution < 1.29 is 4.79 Å². The topological polar surface area (TPSA) is 56.4 Å². The van der Waals surface area contributed by atoms with Gasteiger partial charge in [0.25, 0.3) is 5.91 Å². The minimum absolute atomic E-state index is 0.0252. The van der Waals surface area contributed by atoms with Crippen LogP contribution in [0.3, 0.4) is 0 Å². The zero-order valence-corrected chi connectivity index (χ0v) is 17.2. The maximum absolute atomic E-state index is 12.6. The number of benzene rings is 2. The average molecular weight is 393 g/mol. The number of hydrogen-bond donors (Lipinski definition) is 3. The average Bonchev–Trinajstić information content (AvgIpc) is 3.17. The van der Waals surface area contributed by atoms with Gasteiger partial charge in [0.2, 0.25) is 0 Å². The molecule has 2 aromatic rings. The first kappa shape index (κ1) is 20.1. The van der Waals surface area contributed by atoms with Crippen LogP contribution in [0.2, 0.25) is 0 Å². The molecule has 2 saturated heterocycles. The third-order valence-corrected chi connectivity index (χ3v) is 6.06. The minimum Gasteiger partial charge on any atom is -0.352 e. The van der Waals surface area contributed by atoms with Crippen LogP contribution in [0.15, 0.2) is 54.6 Å². The Morgan fingerprint density at radius 3 is 2.55 bits per heavy atom. The maximum Gasteiger partial charge on any atom is 0.251 e. The van der Waals surface area contributed by atoms with Gasteiger partial charge in [0.1, 0.15) is 0 Å². The predicted molar refractivity (Wildman–Crippen MR) is 118 cm³/mol. The normalized spacial score (nSPS) is 25.1. The Bertz CT molecular complexity index is 792. The summed E-state index contributed by atoms with van der Waals surface area (Å²) in [4.78, 5) is 15.1. The van der Waals surface area contributed by atoms with Gasteiger partial charge in [-0.25, -0.2) is 0 Å². The van der Waals surface area contributed by atoms with Crippen molar-refractivity contribution in [3.8, 4) is 11.1 Å². The summed E-state index contributed by atoms with van der Waals surface area (Å²) < 4.78 is 0. The first-order chi connectivity index (χ1) is 14.2. The van der Waals surface area contributed by atoms with E-state index in [1.165, 1.54) is 24.8 Å². The van der Waals surface area contributed by atoms with Gasteiger partial charge in [-0.1, -0.05) is 42.5 Å². The van der Waals surface area contributed by atoms with Gasteiger partial charge in [-0.05, 0) is 61.9 Å². The van der Waals surface area contributed by atoms with E-state index in [-0.39, 0.29) is 5.91 Å². The standard InChI is InChI=1S/C24H32N4O/c1-18-14-23(27-26-18)17-28-13-5-6-19(16-28)15-25-24(29)22-11-9-21(10-12-22)20-7-3-2-4-8-20/h2-4,7-12,18-19,23,26-27H,5-6,13-17H2,1H3,(H,25,29). The number of hydrazine groups is 1. The number of hydrogen-bond acceptors (Lipinski definition) is 4. The number of nitrogens with zero attached hydrogens (tertiary/aromatic N) is 1. The predicted octanol–water partition coefficient (Wildman–Crippen LogP) is 3.05. The Balaban J connectivity index is 1.25. The molecule has 3 atom stereocenters. The van der Waals surface area contributed by atoms with Crippen LogP contribution >= 0.6 is 0 Å². The largest absolute Gasteiger partial charge is 0.352 e. The van der Waals surface area contributed by atoms with Crippen molar-refractivity contribution in [2.45, 2.75) is 38.3 Å². The summed E-state index contributed by atoms with van der Waals surface area (Å²) in [6.45, 7) is 6.29. The third-order valence-electron chi connectivity index (χ3n) is 6.06. The first-order valence-electron chi connectivity index (χ1n) is 10.8. The summed E-state index contributed by atoms with van der Waals surface area (Å²) in [5.74, 6) is 0.556. The van der Waals surface area contributed by atoms with Crippen molar-refractivity contribution in [1.29, 1.82) is 0 Å². The molecule has 2 aliphatic rings. The van der Waals surface area contributed by atoms with Crippen LogP contribution in [0.25, 0.3) is 11.1 Å². The molecule has 2 heterocycles. The first-order valence-corrected chi connectivity index (χ1v) is 10.8. The molecule has 2 aliphatic heterocycles. The lowest BCUT2D eigenvalue weighted by molar-refractivity contribution is 0.0930. The lowest BCUT2D eigenvalue weighted by atomic mass is 9.97. The molecule has 5 heteroatoms. The molecule has 0 aliphatic carbocycles. The molecule has 29 heavy (non-hydrogen) atoms. The number of piperidine rings is 1. The van der Waals surface area contributed by atoms with Crippen LogP contribution < -0.4 is 16.2 Å². The molecule has 5 nitrogen and oxygen atoms in total. The molecular formula is C24H32N4O. The Morgan fingerprint density at radius 2 is 1.83 bits per heavy atom. The molecule has 0 radical (unpaired) electrons. The second-order valence-electron chi connectivity index (χ2n) is 8.54. The van der Waals surface area contributed by atoms with Crippen molar-refractivity contribution in [3.63, 3.8) is 0 Å². The molecule has 0 spiro atoms. The van der Waals surface area contributed by atoms with Gasteiger partial charge in [-0.3, -0.25) is 15.6 Å².